The molecule has 0 aliphatic heterocycles. The minimum atomic E-state index is -0.661. The average Bonchev–Trinajstić information content (AvgIpc) is 2.71. The zero-order valence-corrected chi connectivity index (χ0v) is 10.9. The third kappa shape index (κ3) is 3.13. The van der Waals surface area contributed by atoms with E-state index < -0.39 is 12.1 Å². The lowest BCUT2D eigenvalue weighted by atomic mass is 10.5. The van der Waals surface area contributed by atoms with Crippen molar-refractivity contribution in [1.29, 1.82) is 0 Å². The molecule has 1 aromatic heterocycles. The van der Waals surface area contributed by atoms with Crippen LogP contribution in [-0.2, 0) is 11.2 Å². The summed E-state index contributed by atoms with van der Waals surface area (Å²) in [5.41, 5.74) is 0. The van der Waals surface area contributed by atoms with Crippen LogP contribution in [0.5, 0.6) is 0 Å². The summed E-state index contributed by atoms with van der Waals surface area (Å²) in [6, 6.07) is -0.450. The predicted molar refractivity (Wildman–Crippen MR) is 61.9 cm³/mol. The summed E-state index contributed by atoms with van der Waals surface area (Å²) in [5.74, 6) is 0. The van der Waals surface area contributed by atoms with Crippen LogP contribution >= 0.6 is 11.3 Å². The van der Waals surface area contributed by atoms with Crippen LogP contribution in [0.15, 0.2) is 4.99 Å². The zero-order chi connectivity index (χ0) is 13.0. The maximum atomic E-state index is 11.4. The molecule has 0 bridgehead atoms. The van der Waals surface area contributed by atoms with Gasteiger partial charge in [-0.3, -0.25) is 0 Å². The Morgan fingerprint density at radius 2 is 2.18 bits per heavy atom. The molecule has 17 heavy (non-hydrogen) atoms. The van der Waals surface area contributed by atoms with Crippen molar-refractivity contribution in [3.8, 4) is 0 Å². The third-order valence-electron chi connectivity index (χ3n) is 1.83. The van der Waals surface area contributed by atoms with E-state index in [1.54, 1.807) is 14.1 Å². The predicted octanol–water partition coefficient (Wildman–Crippen LogP) is 0.704. The highest BCUT2D eigenvalue weighted by Crippen LogP contribution is 2.00. The van der Waals surface area contributed by atoms with Crippen molar-refractivity contribution in [2.45, 2.75) is 13.3 Å². The van der Waals surface area contributed by atoms with Crippen LogP contribution in [0, 0.1) is 0 Å². The lowest BCUT2D eigenvalue weighted by molar-refractivity contribution is 0.168. The summed E-state index contributed by atoms with van der Waals surface area (Å²) < 4.78 is 5.55. The van der Waals surface area contributed by atoms with Gasteiger partial charge >= 0.3 is 12.1 Å². The summed E-state index contributed by atoms with van der Waals surface area (Å²) in [7, 11) is 4.41. The number of aromatic nitrogens is 2. The fourth-order valence-corrected chi connectivity index (χ4v) is 1.73. The van der Waals surface area contributed by atoms with E-state index in [0.29, 0.717) is 11.4 Å². The number of methoxy groups -OCH3 is 1. The highest BCUT2D eigenvalue weighted by Gasteiger charge is 2.12. The highest BCUT2D eigenvalue weighted by atomic mass is 32.1. The van der Waals surface area contributed by atoms with Crippen molar-refractivity contribution >= 4 is 23.5 Å². The monoisotopic (exact) mass is 258 g/mol. The Kier molecular flexibility index (Phi) is 4.38. The number of carbonyl (C=O) groups is 2. The van der Waals surface area contributed by atoms with Crippen molar-refractivity contribution in [2.24, 2.45) is 4.99 Å². The number of amides is 2. The number of nitrogens with zero attached hydrogens (tertiary/aromatic N) is 4. The van der Waals surface area contributed by atoms with Gasteiger partial charge in [0.15, 0.2) is 0 Å². The fraction of sp³-hybridized carbons (Fsp3) is 0.556. The normalized spacial score (nSPS) is 11.4. The molecule has 0 aliphatic rings. The van der Waals surface area contributed by atoms with E-state index in [-0.39, 0.29) is 4.80 Å². The summed E-state index contributed by atoms with van der Waals surface area (Å²) >= 11 is 1.19. The van der Waals surface area contributed by atoms with E-state index in [4.69, 9.17) is 0 Å². The molecule has 0 unspecified atom stereocenters. The number of ether oxygens (including phenoxy) is 1. The average molecular weight is 258 g/mol. The molecule has 1 heterocycles. The molecule has 7 nitrogen and oxygen atoms in total. The Morgan fingerprint density at radius 1 is 1.53 bits per heavy atom. The largest absolute Gasteiger partial charge is 0.451 e. The van der Waals surface area contributed by atoms with Crippen molar-refractivity contribution in [3.05, 3.63) is 9.81 Å². The second-order valence-corrected chi connectivity index (χ2v) is 4.34. The maximum Gasteiger partial charge on any atom is 0.437 e. The number of hydrogen-bond donors (Lipinski definition) is 0. The summed E-state index contributed by atoms with van der Waals surface area (Å²) in [5, 5.41) is 4.72. The molecule has 0 radical (unpaired) electrons. The Balaban J connectivity index is 3.26. The number of carbonyl (C=O) groups excluding carboxylic acids is 2. The molecular weight excluding hydrogens is 244 g/mol. The van der Waals surface area contributed by atoms with Gasteiger partial charge in [0, 0.05) is 14.1 Å². The van der Waals surface area contributed by atoms with Gasteiger partial charge in [0.2, 0.25) is 4.80 Å². The number of urea groups is 1. The van der Waals surface area contributed by atoms with Gasteiger partial charge in [-0.05, 0) is 6.42 Å². The summed E-state index contributed by atoms with van der Waals surface area (Å²) in [6.45, 7) is 1.90. The maximum absolute atomic E-state index is 11.4. The molecule has 0 spiro atoms. The van der Waals surface area contributed by atoms with Crippen LogP contribution in [0.2, 0.25) is 0 Å². The van der Waals surface area contributed by atoms with Crippen LogP contribution in [-0.4, -0.2) is 48.0 Å². The molecule has 0 aromatic carbocycles. The number of rotatable bonds is 1. The molecule has 0 atom stereocenters. The van der Waals surface area contributed by atoms with E-state index in [1.807, 2.05) is 6.92 Å². The smallest absolute Gasteiger partial charge is 0.437 e. The van der Waals surface area contributed by atoms with Gasteiger partial charge < -0.3 is 9.64 Å². The number of aryl methyl sites for hydroxylation is 1. The molecular formula is C9H14N4O3S. The molecule has 2 amide bonds. The SMILES string of the molecule is CCc1nn(C(=O)OC)c(=NC(=O)N(C)C)s1. The van der Waals surface area contributed by atoms with Crippen molar-refractivity contribution in [3.63, 3.8) is 0 Å². The van der Waals surface area contributed by atoms with Gasteiger partial charge in [0.05, 0.1) is 7.11 Å². The molecule has 0 N–H and O–H groups in total. The molecule has 1 aromatic rings. The van der Waals surface area contributed by atoms with Crippen LogP contribution in [0.4, 0.5) is 9.59 Å². The zero-order valence-electron chi connectivity index (χ0n) is 10.1. The molecule has 0 saturated carbocycles. The first-order valence-corrected chi connectivity index (χ1v) is 5.74. The highest BCUT2D eigenvalue weighted by molar-refractivity contribution is 7.08. The van der Waals surface area contributed by atoms with E-state index in [0.717, 1.165) is 4.68 Å². The van der Waals surface area contributed by atoms with Crippen LogP contribution < -0.4 is 4.80 Å². The first-order chi connectivity index (χ1) is 7.99. The lowest BCUT2D eigenvalue weighted by Crippen LogP contribution is -2.28. The first-order valence-electron chi connectivity index (χ1n) is 4.93. The quantitative estimate of drug-likeness (QED) is 0.743. The lowest BCUT2D eigenvalue weighted by Gasteiger charge is -2.03. The Morgan fingerprint density at radius 3 is 2.65 bits per heavy atom. The van der Waals surface area contributed by atoms with E-state index in [2.05, 4.69) is 14.8 Å². The summed E-state index contributed by atoms with van der Waals surface area (Å²) in [4.78, 5) is 28.2. The fourth-order valence-electron chi connectivity index (χ4n) is 0.924. The topological polar surface area (TPSA) is 76.8 Å². The molecule has 94 valence electrons. The molecule has 8 heteroatoms. The van der Waals surface area contributed by atoms with E-state index in [1.165, 1.54) is 23.3 Å². The Bertz CT molecular complexity index is 489. The van der Waals surface area contributed by atoms with E-state index in [9.17, 15) is 9.59 Å². The van der Waals surface area contributed by atoms with E-state index >= 15 is 0 Å². The van der Waals surface area contributed by atoms with Crippen molar-refractivity contribution in [1.82, 2.24) is 14.7 Å². The van der Waals surface area contributed by atoms with Crippen LogP contribution in [0.3, 0.4) is 0 Å². The molecule has 1 rings (SSSR count). The third-order valence-corrected chi connectivity index (χ3v) is 2.88. The minimum Gasteiger partial charge on any atom is -0.451 e. The number of hydrogen-bond acceptors (Lipinski definition) is 5. The summed E-state index contributed by atoms with van der Waals surface area (Å²) in [6.07, 6.45) is -0.000819. The van der Waals surface area contributed by atoms with Gasteiger partial charge in [-0.1, -0.05) is 18.3 Å². The van der Waals surface area contributed by atoms with Gasteiger partial charge in [-0.25, -0.2) is 9.59 Å². The second kappa shape index (κ2) is 5.58. The Hall–Kier alpha value is -1.70. The van der Waals surface area contributed by atoms with Gasteiger partial charge in [0.25, 0.3) is 0 Å². The van der Waals surface area contributed by atoms with Gasteiger partial charge in [-0.15, -0.1) is 4.68 Å². The molecule has 0 aliphatic carbocycles. The standard InChI is InChI=1S/C9H14N4O3S/c1-5-6-11-13(9(15)16-4)8(17-6)10-7(14)12(2)3/h5H2,1-4H3. The molecule has 0 saturated heterocycles. The first kappa shape index (κ1) is 13.4. The van der Waals surface area contributed by atoms with Gasteiger partial charge in [-0.2, -0.15) is 10.1 Å². The van der Waals surface area contributed by atoms with Gasteiger partial charge in [0.1, 0.15) is 5.01 Å². The van der Waals surface area contributed by atoms with Crippen LogP contribution in [0.25, 0.3) is 0 Å². The van der Waals surface area contributed by atoms with Crippen molar-refractivity contribution in [2.75, 3.05) is 21.2 Å². The Labute approximate surface area is 102 Å². The second-order valence-electron chi connectivity index (χ2n) is 3.30. The minimum absolute atomic E-state index is 0.215. The van der Waals surface area contributed by atoms with Crippen LogP contribution in [0.1, 0.15) is 11.9 Å². The molecule has 0 fully saturated rings. The van der Waals surface area contributed by atoms with Crippen molar-refractivity contribution < 1.29 is 14.3 Å².